The van der Waals surface area contributed by atoms with Crippen LogP contribution in [0.5, 0.6) is 0 Å². The molecule has 1 saturated heterocycles. The van der Waals surface area contributed by atoms with E-state index in [4.69, 9.17) is 5.73 Å². The highest BCUT2D eigenvalue weighted by atomic mass is 16.2. The Morgan fingerprint density at radius 2 is 2.33 bits per heavy atom. The van der Waals surface area contributed by atoms with Gasteiger partial charge >= 0.3 is 0 Å². The summed E-state index contributed by atoms with van der Waals surface area (Å²) < 4.78 is 0. The molecule has 15 heavy (non-hydrogen) atoms. The fourth-order valence-electron chi connectivity index (χ4n) is 2.41. The third-order valence-electron chi connectivity index (χ3n) is 3.59. The van der Waals surface area contributed by atoms with E-state index in [0.717, 1.165) is 19.5 Å². The van der Waals surface area contributed by atoms with Crippen LogP contribution in [-0.4, -0.2) is 42.5 Å². The van der Waals surface area contributed by atoms with Crippen LogP contribution in [0.2, 0.25) is 0 Å². The molecule has 3 atom stereocenters. The summed E-state index contributed by atoms with van der Waals surface area (Å²) in [4.78, 5) is 14.0. The SMILES string of the molecule is CCN1CCCC1CNC(=O)C1CC1N. The van der Waals surface area contributed by atoms with Crippen molar-refractivity contribution in [3.63, 3.8) is 0 Å². The maximum absolute atomic E-state index is 11.6. The number of hydrogen-bond donors (Lipinski definition) is 2. The van der Waals surface area contributed by atoms with Gasteiger partial charge in [-0.3, -0.25) is 9.69 Å². The zero-order valence-electron chi connectivity index (χ0n) is 9.41. The van der Waals surface area contributed by atoms with E-state index in [0.29, 0.717) is 6.04 Å². The number of likely N-dealkylation sites (tertiary alicyclic amines) is 1. The molecule has 0 aromatic carbocycles. The Bertz CT molecular complexity index is 244. The van der Waals surface area contributed by atoms with Crippen molar-refractivity contribution in [1.82, 2.24) is 10.2 Å². The molecule has 2 rings (SSSR count). The lowest BCUT2D eigenvalue weighted by Crippen LogP contribution is -2.41. The molecule has 1 amide bonds. The van der Waals surface area contributed by atoms with Gasteiger partial charge in [-0.1, -0.05) is 6.92 Å². The van der Waals surface area contributed by atoms with Crippen molar-refractivity contribution in [2.24, 2.45) is 11.7 Å². The van der Waals surface area contributed by atoms with E-state index in [9.17, 15) is 4.79 Å². The first-order valence-electron chi connectivity index (χ1n) is 5.99. The lowest BCUT2D eigenvalue weighted by Gasteiger charge is -2.22. The second-order valence-electron chi connectivity index (χ2n) is 4.68. The molecule has 4 heteroatoms. The van der Waals surface area contributed by atoms with Crippen LogP contribution < -0.4 is 11.1 Å². The minimum Gasteiger partial charge on any atom is -0.354 e. The molecule has 1 saturated carbocycles. The van der Waals surface area contributed by atoms with Crippen molar-refractivity contribution in [3.8, 4) is 0 Å². The number of hydrogen-bond acceptors (Lipinski definition) is 3. The maximum atomic E-state index is 11.6. The first-order chi connectivity index (χ1) is 7.22. The van der Waals surface area contributed by atoms with Crippen LogP contribution in [0.1, 0.15) is 26.2 Å². The molecule has 0 aromatic rings. The molecule has 1 aliphatic heterocycles. The summed E-state index contributed by atoms with van der Waals surface area (Å²) in [6.45, 7) is 5.25. The summed E-state index contributed by atoms with van der Waals surface area (Å²) in [5.41, 5.74) is 5.63. The number of carbonyl (C=O) groups is 1. The molecule has 3 N–H and O–H groups in total. The Morgan fingerprint density at radius 1 is 1.60 bits per heavy atom. The van der Waals surface area contributed by atoms with Gasteiger partial charge in [-0.15, -0.1) is 0 Å². The van der Waals surface area contributed by atoms with E-state index in [1.54, 1.807) is 0 Å². The quantitative estimate of drug-likeness (QED) is 0.684. The topological polar surface area (TPSA) is 58.4 Å². The first kappa shape index (κ1) is 10.9. The first-order valence-corrected chi connectivity index (χ1v) is 5.99. The van der Waals surface area contributed by atoms with Crippen LogP contribution in [0.3, 0.4) is 0 Å². The minimum atomic E-state index is 0.0986. The fraction of sp³-hybridized carbons (Fsp3) is 0.909. The van der Waals surface area contributed by atoms with Crippen LogP contribution in [0, 0.1) is 5.92 Å². The van der Waals surface area contributed by atoms with E-state index in [2.05, 4.69) is 17.1 Å². The summed E-state index contributed by atoms with van der Waals surface area (Å²) in [6, 6.07) is 0.671. The van der Waals surface area contributed by atoms with Crippen molar-refractivity contribution in [3.05, 3.63) is 0 Å². The summed E-state index contributed by atoms with van der Waals surface area (Å²) >= 11 is 0. The minimum absolute atomic E-state index is 0.0986. The molecule has 1 heterocycles. The number of carbonyl (C=O) groups excluding carboxylic acids is 1. The predicted octanol–water partition coefficient (Wildman–Crippen LogP) is -0.0659. The Morgan fingerprint density at radius 3 is 2.93 bits per heavy atom. The second-order valence-corrected chi connectivity index (χ2v) is 4.68. The van der Waals surface area contributed by atoms with E-state index in [-0.39, 0.29) is 17.9 Å². The number of nitrogens with two attached hydrogens (primary N) is 1. The van der Waals surface area contributed by atoms with E-state index in [1.807, 2.05) is 0 Å². The number of rotatable bonds is 4. The molecular formula is C11H21N3O. The zero-order chi connectivity index (χ0) is 10.8. The van der Waals surface area contributed by atoms with Gasteiger partial charge in [-0.05, 0) is 32.4 Å². The van der Waals surface area contributed by atoms with Crippen LogP contribution in [0.25, 0.3) is 0 Å². The molecule has 4 nitrogen and oxygen atoms in total. The van der Waals surface area contributed by atoms with Gasteiger partial charge in [0.25, 0.3) is 0 Å². The van der Waals surface area contributed by atoms with Crippen molar-refractivity contribution in [2.75, 3.05) is 19.6 Å². The molecule has 0 spiro atoms. The van der Waals surface area contributed by atoms with E-state index >= 15 is 0 Å². The maximum Gasteiger partial charge on any atom is 0.224 e. The van der Waals surface area contributed by atoms with Gasteiger partial charge in [-0.25, -0.2) is 0 Å². The molecule has 3 unspecified atom stereocenters. The summed E-state index contributed by atoms with van der Waals surface area (Å²) in [5.74, 6) is 0.256. The fourth-order valence-corrected chi connectivity index (χ4v) is 2.41. The van der Waals surface area contributed by atoms with Gasteiger partial charge in [0.2, 0.25) is 5.91 Å². The van der Waals surface area contributed by atoms with Crippen LogP contribution in [0.4, 0.5) is 0 Å². The van der Waals surface area contributed by atoms with Crippen LogP contribution >= 0.6 is 0 Å². The van der Waals surface area contributed by atoms with Crippen LogP contribution in [-0.2, 0) is 4.79 Å². The Labute approximate surface area is 91.2 Å². The Kier molecular flexibility index (Phi) is 3.26. The molecule has 86 valence electrons. The monoisotopic (exact) mass is 211 g/mol. The highest BCUT2D eigenvalue weighted by molar-refractivity contribution is 5.82. The average Bonchev–Trinajstić information content (AvgIpc) is 2.81. The van der Waals surface area contributed by atoms with Gasteiger partial charge in [0.15, 0.2) is 0 Å². The van der Waals surface area contributed by atoms with Gasteiger partial charge in [0.05, 0.1) is 5.92 Å². The highest BCUT2D eigenvalue weighted by Gasteiger charge is 2.40. The smallest absolute Gasteiger partial charge is 0.224 e. The molecule has 1 aliphatic carbocycles. The number of nitrogens with one attached hydrogen (secondary N) is 1. The van der Waals surface area contributed by atoms with Gasteiger partial charge in [0.1, 0.15) is 0 Å². The van der Waals surface area contributed by atoms with Crippen LogP contribution in [0.15, 0.2) is 0 Å². The molecule has 2 fully saturated rings. The zero-order valence-corrected chi connectivity index (χ0v) is 9.41. The summed E-state index contributed by atoms with van der Waals surface area (Å²) in [6.07, 6.45) is 3.34. The van der Waals surface area contributed by atoms with Gasteiger partial charge < -0.3 is 11.1 Å². The molecule has 0 radical (unpaired) electrons. The third kappa shape index (κ3) is 2.49. The van der Waals surface area contributed by atoms with E-state index in [1.165, 1.54) is 19.4 Å². The summed E-state index contributed by atoms with van der Waals surface area (Å²) in [5, 5.41) is 3.02. The van der Waals surface area contributed by atoms with Crippen molar-refractivity contribution in [2.45, 2.75) is 38.3 Å². The Balaban J connectivity index is 1.70. The Hall–Kier alpha value is -0.610. The third-order valence-corrected chi connectivity index (χ3v) is 3.59. The lowest BCUT2D eigenvalue weighted by molar-refractivity contribution is -0.122. The molecule has 0 aromatic heterocycles. The van der Waals surface area contributed by atoms with Gasteiger partial charge in [-0.2, -0.15) is 0 Å². The summed E-state index contributed by atoms with van der Waals surface area (Å²) in [7, 11) is 0. The molecule has 2 aliphatic rings. The highest BCUT2D eigenvalue weighted by Crippen LogP contribution is 2.27. The lowest BCUT2D eigenvalue weighted by atomic mass is 10.2. The van der Waals surface area contributed by atoms with Crippen molar-refractivity contribution >= 4 is 5.91 Å². The standard InChI is InChI=1S/C11H21N3O/c1-2-14-5-3-4-8(14)7-13-11(15)9-6-10(9)12/h8-10H,2-7,12H2,1H3,(H,13,15). The van der Waals surface area contributed by atoms with Gasteiger partial charge in [0, 0.05) is 18.6 Å². The van der Waals surface area contributed by atoms with Crippen molar-refractivity contribution < 1.29 is 4.79 Å². The predicted molar refractivity (Wildman–Crippen MR) is 59.4 cm³/mol. The van der Waals surface area contributed by atoms with E-state index < -0.39 is 0 Å². The largest absolute Gasteiger partial charge is 0.354 e. The van der Waals surface area contributed by atoms with Crippen molar-refractivity contribution in [1.29, 1.82) is 0 Å². The second kappa shape index (κ2) is 4.49. The average molecular weight is 211 g/mol. The number of amides is 1. The number of nitrogens with zero attached hydrogens (tertiary/aromatic N) is 1. The molecule has 0 bridgehead atoms. The normalized spacial score (nSPS) is 35.5. The number of likely N-dealkylation sites (N-methyl/N-ethyl adjacent to an activating group) is 1. The molecular weight excluding hydrogens is 190 g/mol.